The second-order valence-electron chi connectivity index (χ2n) is 7.43. The highest BCUT2D eigenvalue weighted by molar-refractivity contribution is 7.13. The predicted molar refractivity (Wildman–Crippen MR) is 114 cm³/mol. The third kappa shape index (κ3) is 4.49. The summed E-state index contributed by atoms with van der Waals surface area (Å²) in [4.78, 5) is 22.5. The van der Waals surface area contributed by atoms with Gasteiger partial charge in [0.15, 0.2) is 0 Å². The molecule has 4 nitrogen and oxygen atoms in total. The van der Waals surface area contributed by atoms with Gasteiger partial charge in [0.05, 0.1) is 5.92 Å². The summed E-state index contributed by atoms with van der Waals surface area (Å²) in [5.74, 6) is 0.237. The third-order valence-electron chi connectivity index (χ3n) is 5.35. The van der Waals surface area contributed by atoms with E-state index < -0.39 is 0 Å². The number of aromatic nitrogens is 1. The van der Waals surface area contributed by atoms with Crippen molar-refractivity contribution in [2.75, 3.05) is 26.7 Å². The Labute approximate surface area is 170 Å². The van der Waals surface area contributed by atoms with Crippen LogP contribution >= 0.6 is 11.3 Å². The van der Waals surface area contributed by atoms with Gasteiger partial charge < -0.3 is 4.90 Å². The van der Waals surface area contributed by atoms with Gasteiger partial charge in [-0.15, -0.1) is 11.3 Å². The molecule has 0 aliphatic carbocycles. The highest BCUT2D eigenvalue weighted by Gasteiger charge is 2.28. The van der Waals surface area contributed by atoms with Crippen molar-refractivity contribution < 1.29 is 4.79 Å². The van der Waals surface area contributed by atoms with Crippen LogP contribution in [0.15, 0.2) is 66.3 Å². The molecule has 0 saturated carbocycles. The first-order chi connectivity index (χ1) is 13.7. The van der Waals surface area contributed by atoms with Crippen LogP contribution in [0.1, 0.15) is 11.1 Å². The summed E-state index contributed by atoms with van der Waals surface area (Å²) < 4.78 is 0. The molecular weight excluding hydrogens is 366 g/mol. The van der Waals surface area contributed by atoms with Crippen molar-refractivity contribution in [3.8, 4) is 10.4 Å². The first-order valence-electron chi connectivity index (χ1n) is 9.68. The minimum absolute atomic E-state index is 0.0121. The number of benzene rings is 1. The van der Waals surface area contributed by atoms with E-state index in [0.29, 0.717) is 0 Å². The van der Waals surface area contributed by atoms with Gasteiger partial charge in [0.25, 0.3) is 0 Å². The number of pyridine rings is 1. The summed E-state index contributed by atoms with van der Waals surface area (Å²) in [5, 5.41) is 2.10. The number of likely N-dealkylation sites (N-methyl/N-ethyl adjacent to an activating group) is 1. The summed E-state index contributed by atoms with van der Waals surface area (Å²) in [6.07, 6.45) is 4.44. The minimum atomic E-state index is -0.0121. The molecule has 1 aromatic carbocycles. The van der Waals surface area contributed by atoms with Crippen LogP contribution in [-0.2, 0) is 17.8 Å². The Morgan fingerprint density at radius 3 is 2.54 bits per heavy atom. The fourth-order valence-corrected chi connectivity index (χ4v) is 4.50. The van der Waals surface area contributed by atoms with Gasteiger partial charge >= 0.3 is 0 Å². The van der Waals surface area contributed by atoms with E-state index in [4.69, 9.17) is 0 Å². The normalized spacial score (nSPS) is 18.2. The highest BCUT2D eigenvalue weighted by atomic mass is 32.1. The Balaban J connectivity index is 1.47. The molecule has 1 aliphatic heterocycles. The molecule has 0 radical (unpaired) electrons. The van der Waals surface area contributed by atoms with E-state index in [9.17, 15) is 4.79 Å². The molecule has 144 valence electrons. The van der Waals surface area contributed by atoms with Crippen LogP contribution in [0, 0.1) is 5.92 Å². The highest BCUT2D eigenvalue weighted by Crippen LogP contribution is 2.26. The summed E-state index contributed by atoms with van der Waals surface area (Å²) in [7, 11) is 1.92. The van der Waals surface area contributed by atoms with Crippen LogP contribution in [0.5, 0.6) is 0 Å². The number of carbonyl (C=O) groups excluding carboxylic acids is 1. The lowest BCUT2D eigenvalue weighted by atomic mass is 9.96. The minimum Gasteiger partial charge on any atom is -0.344 e. The van der Waals surface area contributed by atoms with E-state index >= 15 is 0 Å². The Kier molecular flexibility index (Phi) is 5.84. The molecule has 2 aromatic heterocycles. The second kappa shape index (κ2) is 8.67. The molecule has 0 bridgehead atoms. The van der Waals surface area contributed by atoms with Crippen LogP contribution in [-0.4, -0.2) is 47.4 Å². The summed E-state index contributed by atoms with van der Waals surface area (Å²) in [5.41, 5.74) is 3.70. The maximum atomic E-state index is 12.9. The van der Waals surface area contributed by atoms with E-state index in [2.05, 4.69) is 63.8 Å². The number of hydrogen-bond donors (Lipinski definition) is 0. The molecule has 1 unspecified atom stereocenters. The molecule has 1 aliphatic rings. The molecule has 5 heteroatoms. The van der Waals surface area contributed by atoms with E-state index in [1.807, 2.05) is 24.3 Å². The summed E-state index contributed by atoms with van der Waals surface area (Å²) >= 11 is 1.75. The molecular formula is C23H25N3OS. The van der Waals surface area contributed by atoms with Gasteiger partial charge in [0, 0.05) is 50.5 Å². The van der Waals surface area contributed by atoms with E-state index in [0.717, 1.165) is 32.6 Å². The predicted octanol–water partition coefficient (Wildman–Crippen LogP) is 3.94. The number of nitrogens with zero attached hydrogens (tertiary/aromatic N) is 3. The SMILES string of the molecule is CN1CCN(Cc2ccncc2)CC(Cc2ccc(-c3cccs3)cc2)C1=O. The van der Waals surface area contributed by atoms with Crippen molar-refractivity contribution in [2.45, 2.75) is 13.0 Å². The van der Waals surface area contributed by atoms with Crippen molar-refractivity contribution in [3.63, 3.8) is 0 Å². The summed E-state index contributed by atoms with van der Waals surface area (Å²) in [6, 6.07) is 17.0. The average Bonchev–Trinajstić information content (AvgIpc) is 3.23. The van der Waals surface area contributed by atoms with Crippen molar-refractivity contribution in [3.05, 3.63) is 77.4 Å². The largest absolute Gasteiger partial charge is 0.344 e. The first kappa shape index (κ1) is 18.8. The Morgan fingerprint density at radius 2 is 1.82 bits per heavy atom. The lowest BCUT2D eigenvalue weighted by Gasteiger charge is -2.23. The van der Waals surface area contributed by atoms with Crippen LogP contribution in [0.4, 0.5) is 0 Å². The number of thiophene rings is 1. The Hall–Kier alpha value is -2.50. The van der Waals surface area contributed by atoms with E-state index in [1.54, 1.807) is 11.3 Å². The van der Waals surface area contributed by atoms with Crippen molar-refractivity contribution in [2.24, 2.45) is 5.92 Å². The fourth-order valence-electron chi connectivity index (χ4n) is 3.77. The number of hydrogen-bond acceptors (Lipinski definition) is 4. The first-order valence-corrected chi connectivity index (χ1v) is 10.6. The third-order valence-corrected chi connectivity index (χ3v) is 6.27. The van der Waals surface area contributed by atoms with Crippen LogP contribution in [0.3, 0.4) is 0 Å². The molecule has 1 amide bonds. The van der Waals surface area contributed by atoms with E-state index in [-0.39, 0.29) is 11.8 Å². The Bertz CT molecular complexity index is 893. The fraction of sp³-hybridized carbons (Fsp3) is 0.304. The van der Waals surface area contributed by atoms with Crippen molar-refractivity contribution in [1.82, 2.24) is 14.8 Å². The van der Waals surface area contributed by atoms with Gasteiger partial charge in [-0.25, -0.2) is 0 Å². The van der Waals surface area contributed by atoms with Crippen molar-refractivity contribution >= 4 is 17.2 Å². The van der Waals surface area contributed by atoms with Gasteiger partial charge in [-0.05, 0) is 46.7 Å². The molecule has 1 fully saturated rings. The molecule has 0 N–H and O–H groups in total. The van der Waals surface area contributed by atoms with Crippen LogP contribution in [0.25, 0.3) is 10.4 Å². The monoisotopic (exact) mass is 391 g/mol. The van der Waals surface area contributed by atoms with Gasteiger partial charge in [-0.3, -0.25) is 14.7 Å². The maximum absolute atomic E-state index is 12.9. The Morgan fingerprint density at radius 1 is 1.04 bits per heavy atom. The molecule has 1 saturated heterocycles. The van der Waals surface area contributed by atoms with Gasteiger partial charge in [0.1, 0.15) is 0 Å². The molecule has 3 heterocycles. The lowest BCUT2D eigenvalue weighted by Crippen LogP contribution is -2.34. The molecule has 28 heavy (non-hydrogen) atoms. The molecule has 1 atom stereocenters. The second-order valence-corrected chi connectivity index (χ2v) is 8.37. The molecule has 4 rings (SSSR count). The zero-order chi connectivity index (χ0) is 19.3. The van der Waals surface area contributed by atoms with Crippen molar-refractivity contribution in [1.29, 1.82) is 0 Å². The van der Waals surface area contributed by atoms with Gasteiger partial charge in [-0.2, -0.15) is 0 Å². The number of carbonyl (C=O) groups is 1. The topological polar surface area (TPSA) is 36.4 Å². The average molecular weight is 392 g/mol. The zero-order valence-corrected chi connectivity index (χ0v) is 16.9. The lowest BCUT2D eigenvalue weighted by molar-refractivity contribution is -0.133. The van der Waals surface area contributed by atoms with Crippen LogP contribution < -0.4 is 0 Å². The zero-order valence-electron chi connectivity index (χ0n) is 16.1. The van der Waals surface area contributed by atoms with E-state index in [1.165, 1.54) is 21.6 Å². The quantitative estimate of drug-likeness (QED) is 0.661. The smallest absolute Gasteiger partial charge is 0.227 e. The number of rotatable bonds is 5. The summed E-state index contributed by atoms with van der Waals surface area (Å²) in [6.45, 7) is 3.33. The van der Waals surface area contributed by atoms with Gasteiger partial charge in [-0.1, -0.05) is 30.3 Å². The standard InChI is InChI=1S/C23H25N3OS/c1-25-12-13-26(16-19-8-10-24-11-9-19)17-21(23(25)27)15-18-4-6-20(7-5-18)22-3-2-14-28-22/h2-11,14,21H,12-13,15-17H2,1H3. The van der Waals surface area contributed by atoms with Crippen LogP contribution in [0.2, 0.25) is 0 Å². The number of amides is 1. The molecule has 3 aromatic rings. The molecule has 0 spiro atoms. The van der Waals surface area contributed by atoms with Gasteiger partial charge in [0.2, 0.25) is 5.91 Å². The maximum Gasteiger partial charge on any atom is 0.227 e.